The Kier molecular flexibility index (Phi) is 6.59. The minimum absolute atomic E-state index is 0.154. The van der Waals surface area contributed by atoms with Crippen molar-refractivity contribution in [1.82, 2.24) is 0 Å². The number of halogens is 11. The van der Waals surface area contributed by atoms with E-state index in [0.29, 0.717) is 18.2 Å². The molecule has 0 heterocycles. The van der Waals surface area contributed by atoms with Gasteiger partial charge in [0.1, 0.15) is 17.5 Å². The van der Waals surface area contributed by atoms with Gasteiger partial charge in [0.05, 0.1) is 12.7 Å². The number of rotatable bonds is 4. The lowest BCUT2D eigenvalue weighted by molar-refractivity contribution is 0.329. The zero-order chi connectivity index (χ0) is 29.2. The van der Waals surface area contributed by atoms with E-state index in [-0.39, 0.29) is 6.07 Å². The van der Waals surface area contributed by atoms with Crippen LogP contribution in [0.5, 0.6) is 5.75 Å². The topological polar surface area (TPSA) is 9.23 Å². The summed E-state index contributed by atoms with van der Waals surface area (Å²) in [4.78, 5) is 0. The normalized spacial score (nSPS) is 11.6. The largest absolute Gasteiger partial charge is 0.491 e. The second-order valence-electron chi connectivity index (χ2n) is 8.58. The van der Waals surface area contributed by atoms with E-state index < -0.39 is 120 Å². The van der Waals surface area contributed by atoms with Gasteiger partial charge in [0.15, 0.2) is 40.7 Å². The summed E-state index contributed by atoms with van der Waals surface area (Å²) in [6.45, 7) is 0. The SMILES string of the molecule is COc1c(F)c(F)c(Cc2c3cccc(F)c3c(-c3c(F)c(F)cc(F)c3F)c3c(F)ccc(F)c23)c(F)c1F. The predicted molar refractivity (Wildman–Crippen MR) is 122 cm³/mol. The van der Waals surface area contributed by atoms with Crippen LogP contribution in [0.1, 0.15) is 11.1 Å². The molecule has 1 nitrogen and oxygen atoms in total. The van der Waals surface area contributed by atoms with Crippen LogP contribution < -0.4 is 4.74 Å². The van der Waals surface area contributed by atoms with Crippen LogP contribution in [0.2, 0.25) is 0 Å². The van der Waals surface area contributed by atoms with Crippen molar-refractivity contribution in [2.24, 2.45) is 0 Å². The summed E-state index contributed by atoms with van der Waals surface area (Å²) < 4.78 is 167. The van der Waals surface area contributed by atoms with Crippen molar-refractivity contribution in [3.05, 3.63) is 112 Å². The molecule has 0 aliphatic carbocycles. The number of fused-ring (bicyclic) bond motifs is 2. The standard InChI is InChI=1S/C28H11F11O/c1-40-28-26(38)22(34)11(23(35)27(28)39)7-10-9-3-2-4-12(29)17(9)20(19-14(31)6-5-13(30)18(10)19)21-24(36)15(32)8-16(33)25(21)37/h2-6,8H,7H2,1H3. The number of ether oxygens (including phenoxy) is 1. The van der Waals surface area contributed by atoms with E-state index >= 15 is 13.2 Å². The molecule has 5 rings (SSSR count). The first-order valence-corrected chi connectivity index (χ1v) is 11.1. The molecule has 40 heavy (non-hydrogen) atoms. The van der Waals surface area contributed by atoms with Crippen LogP contribution in [0.4, 0.5) is 48.3 Å². The quantitative estimate of drug-likeness (QED) is 0.119. The number of hydrogen-bond donors (Lipinski definition) is 0. The number of methoxy groups -OCH3 is 1. The summed E-state index contributed by atoms with van der Waals surface area (Å²) in [7, 11) is 0.730. The van der Waals surface area contributed by atoms with Crippen LogP contribution >= 0.6 is 0 Å². The van der Waals surface area contributed by atoms with E-state index in [1.807, 2.05) is 0 Å². The van der Waals surface area contributed by atoms with E-state index in [1.54, 1.807) is 0 Å². The molecule has 206 valence electrons. The van der Waals surface area contributed by atoms with Gasteiger partial charge in [-0.1, -0.05) is 12.1 Å². The molecule has 5 aromatic rings. The fourth-order valence-corrected chi connectivity index (χ4v) is 4.78. The summed E-state index contributed by atoms with van der Waals surface area (Å²) in [6, 6.07) is 3.47. The van der Waals surface area contributed by atoms with Crippen LogP contribution in [0, 0.1) is 64.0 Å². The Morgan fingerprint density at radius 1 is 0.500 bits per heavy atom. The van der Waals surface area contributed by atoms with Gasteiger partial charge in [0, 0.05) is 39.8 Å². The monoisotopic (exact) mass is 572 g/mol. The molecule has 0 N–H and O–H groups in total. The van der Waals surface area contributed by atoms with Crippen LogP contribution in [-0.4, -0.2) is 7.11 Å². The molecule has 0 amide bonds. The second-order valence-corrected chi connectivity index (χ2v) is 8.58. The van der Waals surface area contributed by atoms with Crippen molar-refractivity contribution in [3.63, 3.8) is 0 Å². The summed E-state index contributed by atoms with van der Waals surface area (Å²) in [6.07, 6.45) is -1.24. The number of benzene rings is 5. The summed E-state index contributed by atoms with van der Waals surface area (Å²) in [5.41, 5.74) is -4.74. The summed E-state index contributed by atoms with van der Waals surface area (Å²) >= 11 is 0. The molecule has 0 radical (unpaired) electrons. The van der Waals surface area contributed by atoms with Crippen LogP contribution in [-0.2, 0) is 6.42 Å². The highest BCUT2D eigenvalue weighted by Gasteiger charge is 2.31. The van der Waals surface area contributed by atoms with E-state index in [4.69, 9.17) is 0 Å². The highest BCUT2D eigenvalue weighted by atomic mass is 19.2. The molecule has 0 fully saturated rings. The molecule has 0 aliphatic rings. The Labute approximate surface area is 217 Å². The van der Waals surface area contributed by atoms with E-state index in [2.05, 4.69) is 4.74 Å². The molecular formula is C28H11F11O. The Morgan fingerprint density at radius 3 is 1.57 bits per heavy atom. The first kappa shape index (κ1) is 27.2. The Balaban J connectivity index is 2.02. The first-order valence-electron chi connectivity index (χ1n) is 11.1. The Hall–Kier alpha value is -4.35. The van der Waals surface area contributed by atoms with E-state index in [9.17, 15) is 35.1 Å². The molecule has 5 aromatic carbocycles. The zero-order valence-corrected chi connectivity index (χ0v) is 19.7. The molecule has 0 aliphatic heterocycles. The third kappa shape index (κ3) is 3.84. The third-order valence-electron chi connectivity index (χ3n) is 6.48. The van der Waals surface area contributed by atoms with Crippen molar-refractivity contribution in [2.45, 2.75) is 6.42 Å². The third-order valence-corrected chi connectivity index (χ3v) is 6.48. The molecule has 0 saturated heterocycles. The van der Waals surface area contributed by atoms with Crippen LogP contribution in [0.3, 0.4) is 0 Å². The van der Waals surface area contributed by atoms with Crippen molar-refractivity contribution in [2.75, 3.05) is 7.11 Å². The maximum Gasteiger partial charge on any atom is 0.204 e. The second kappa shape index (κ2) is 9.68. The molecule has 0 unspecified atom stereocenters. The van der Waals surface area contributed by atoms with Gasteiger partial charge in [0.2, 0.25) is 11.6 Å². The lowest BCUT2D eigenvalue weighted by Crippen LogP contribution is -2.09. The summed E-state index contributed by atoms with van der Waals surface area (Å²) in [5.74, 6) is -21.5. The lowest BCUT2D eigenvalue weighted by atomic mass is 9.85. The average molecular weight is 572 g/mol. The summed E-state index contributed by atoms with van der Waals surface area (Å²) in [5, 5.41) is -3.56. The van der Waals surface area contributed by atoms with Gasteiger partial charge in [-0.05, 0) is 29.1 Å². The molecule has 12 heteroatoms. The van der Waals surface area contributed by atoms with Gasteiger partial charge in [-0.3, -0.25) is 0 Å². The zero-order valence-electron chi connectivity index (χ0n) is 19.7. The van der Waals surface area contributed by atoms with Gasteiger partial charge in [0.25, 0.3) is 0 Å². The van der Waals surface area contributed by atoms with Crippen LogP contribution in [0.25, 0.3) is 32.7 Å². The lowest BCUT2D eigenvalue weighted by Gasteiger charge is -2.20. The molecule has 0 bridgehead atoms. The van der Waals surface area contributed by atoms with Crippen LogP contribution in [0.15, 0.2) is 36.4 Å². The van der Waals surface area contributed by atoms with E-state index in [0.717, 1.165) is 19.2 Å². The predicted octanol–water partition coefficient (Wildman–Crippen LogP) is 8.79. The first-order chi connectivity index (χ1) is 18.9. The maximum atomic E-state index is 15.3. The average Bonchev–Trinajstić information content (AvgIpc) is 2.92. The smallest absolute Gasteiger partial charge is 0.204 e. The van der Waals surface area contributed by atoms with Crippen molar-refractivity contribution in [3.8, 4) is 16.9 Å². The van der Waals surface area contributed by atoms with Crippen molar-refractivity contribution in [1.29, 1.82) is 0 Å². The molecule has 0 saturated carbocycles. The molecular weight excluding hydrogens is 561 g/mol. The fourth-order valence-electron chi connectivity index (χ4n) is 4.78. The highest BCUT2D eigenvalue weighted by Crippen LogP contribution is 2.46. The van der Waals surface area contributed by atoms with E-state index in [1.165, 1.54) is 0 Å². The van der Waals surface area contributed by atoms with Crippen molar-refractivity contribution >= 4 is 21.5 Å². The maximum absolute atomic E-state index is 15.3. The van der Waals surface area contributed by atoms with Gasteiger partial charge in [-0.2, -0.15) is 8.78 Å². The Morgan fingerprint density at radius 2 is 1.02 bits per heavy atom. The van der Waals surface area contributed by atoms with Gasteiger partial charge in [-0.25, -0.2) is 39.5 Å². The van der Waals surface area contributed by atoms with Gasteiger partial charge < -0.3 is 4.74 Å². The fraction of sp³-hybridized carbons (Fsp3) is 0.0714. The van der Waals surface area contributed by atoms with Gasteiger partial charge >= 0.3 is 0 Å². The van der Waals surface area contributed by atoms with Crippen molar-refractivity contribution < 1.29 is 53.0 Å². The molecule has 0 aromatic heterocycles. The minimum atomic E-state index is -2.07. The minimum Gasteiger partial charge on any atom is -0.491 e. The molecule has 0 atom stereocenters. The Bertz CT molecular complexity index is 1830. The van der Waals surface area contributed by atoms with Gasteiger partial charge in [-0.15, -0.1) is 0 Å². The number of hydrogen-bond acceptors (Lipinski definition) is 1. The highest BCUT2D eigenvalue weighted by molar-refractivity contribution is 6.15. The molecule has 0 spiro atoms.